The Hall–Kier alpha value is -3.20. The summed E-state index contributed by atoms with van der Waals surface area (Å²) in [6.45, 7) is 2.00. The zero-order valence-corrected chi connectivity index (χ0v) is 16.3. The summed E-state index contributed by atoms with van der Waals surface area (Å²) >= 11 is 1.37. The Morgan fingerprint density at radius 1 is 1.17 bits per heavy atom. The standard InChI is InChI=1S/C20H17FN4O3S/c1-12-2-7-16-15(10-12)23-20(27-16)29-11-17-24-19(28-25-17)9-8-18(26)22-14-5-3-13(21)4-6-14/h2-7,10H,8-9,11H2,1H3,(H,22,26). The summed E-state index contributed by atoms with van der Waals surface area (Å²) < 4.78 is 23.8. The maximum absolute atomic E-state index is 12.9. The van der Waals surface area contributed by atoms with Crippen LogP contribution >= 0.6 is 11.8 Å². The van der Waals surface area contributed by atoms with Gasteiger partial charge in [0, 0.05) is 18.5 Å². The zero-order valence-electron chi connectivity index (χ0n) is 15.5. The Kier molecular flexibility index (Phi) is 5.57. The topological polar surface area (TPSA) is 94.0 Å². The maximum atomic E-state index is 12.9. The quantitative estimate of drug-likeness (QED) is 0.446. The van der Waals surface area contributed by atoms with Crippen molar-refractivity contribution in [2.75, 3.05) is 5.32 Å². The van der Waals surface area contributed by atoms with Gasteiger partial charge in [-0.2, -0.15) is 4.98 Å². The van der Waals surface area contributed by atoms with Crippen LogP contribution in [0.25, 0.3) is 11.1 Å². The Bertz CT molecular complexity index is 1140. The molecule has 7 nitrogen and oxygen atoms in total. The Morgan fingerprint density at radius 3 is 2.83 bits per heavy atom. The molecule has 1 amide bonds. The van der Waals surface area contributed by atoms with Gasteiger partial charge < -0.3 is 14.3 Å². The lowest BCUT2D eigenvalue weighted by atomic mass is 10.2. The van der Waals surface area contributed by atoms with Crippen molar-refractivity contribution in [3.05, 3.63) is 65.6 Å². The fourth-order valence-corrected chi connectivity index (χ4v) is 3.31. The van der Waals surface area contributed by atoms with Gasteiger partial charge in [-0.25, -0.2) is 9.37 Å². The van der Waals surface area contributed by atoms with Gasteiger partial charge in [-0.15, -0.1) is 0 Å². The number of hydrogen-bond acceptors (Lipinski definition) is 7. The third-order valence-electron chi connectivity index (χ3n) is 4.05. The number of fused-ring (bicyclic) bond motifs is 1. The molecular formula is C20H17FN4O3S. The van der Waals surface area contributed by atoms with Crippen molar-refractivity contribution < 1.29 is 18.1 Å². The number of amides is 1. The van der Waals surface area contributed by atoms with Crippen LogP contribution in [0.2, 0.25) is 0 Å². The second-order valence-electron chi connectivity index (χ2n) is 6.40. The van der Waals surface area contributed by atoms with E-state index in [0.717, 1.165) is 16.7 Å². The number of oxazole rings is 1. The monoisotopic (exact) mass is 412 g/mol. The lowest BCUT2D eigenvalue weighted by Gasteiger charge is -2.03. The molecule has 0 atom stereocenters. The molecular weight excluding hydrogens is 395 g/mol. The van der Waals surface area contributed by atoms with Gasteiger partial charge in [0.15, 0.2) is 11.4 Å². The molecule has 0 aliphatic rings. The first-order chi connectivity index (χ1) is 14.0. The highest BCUT2D eigenvalue weighted by Crippen LogP contribution is 2.26. The summed E-state index contributed by atoms with van der Waals surface area (Å²) in [6.07, 6.45) is 0.490. The fourth-order valence-electron chi connectivity index (χ4n) is 2.63. The Labute approximate surface area is 169 Å². The van der Waals surface area contributed by atoms with Gasteiger partial charge in [0.05, 0.1) is 5.75 Å². The second kappa shape index (κ2) is 8.44. The lowest BCUT2D eigenvalue weighted by Crippen LogP contribution is -2.12. The number of halogens is 1. The van der Waals surface area contributed by atoms with Crippen LogP contribution in [0.4, 0.5) is 10.1 Å². The molecule has 0 spiro atoms. The van der Waals surface area contributed by atoms with E-state index in [1.807, 2.05) is 25.1 Å². The summed E-state index contributed by atoms with van der Waals surface area (Å²) in [4.78, 5) is 20.7. The van der Waals surface area contributed by atoms with Crippen molar-refractivity contribution in [2.45, 2.75) is 30.7 Å². The first-order valence-electron chi connectivity index (χ1n) is 8.92. The minimum atomic E-state index is -0.354. The van der Waals surface area contributed by atoms with E-state index in [0.29, 0.717) is 34.8 Å². The van der Waals surface area contributed by atoms with Crippen molar-refractivity contribution in [3.8, 4) is 0 Å². The van der Waals surface area contributed by atoms with Crippen LogP contribution in [-0.4, -0.2) is 21.0 Å². The first kappa shape index (κ1) is 19.1. The number of anilines is 1. The number of hydrogen-bond donors (Lipinski definition) is 1. The molecule has 0 bridgehead atoms. The van der Waals surface area contributed by atoms with Crippen LogP contribution in [0.15, 0.2) is 56.6 Å². The second-order valence-corrected chi connectivity index (χ2v) is 7.33. The minimum absolute atomic E-state index is 0.177. The average Bonchev–Trinajstić information content (AvgIpc) is 3.32. The van der Waals surface area contributed by atoms with Crippen LogP contribution in [0.5, 0.6) is 0 Å². The SMILES string of the molecule is Cc1ccc2oc(SCc3noc(CCC(=O)Nc4ccc(F)cc4)n3)nc2c1. The molecule has 0 aliphatic heterocycles. The molecule has 1 N–H and O–H groups in total. The number of carbonyl (C=O) groups excluding carboxylic acids is 1. The maximum Gasteiger partial charge on any atom is 0.257 e. The van der Waals surface area contributed by atoms with Crippen LogP contribution in [-0.2, 0) is 17.0 Å². The number of aryl methyl sites for hydroxylation is 2. The van der Waals surface area contributed by atoms with E-state index in [4.69, 9.17) is 8.94 Å². The smallest absolute Gasteiger partial charge is 0.257 e. The van der Waals surface area contributed by atoms with E-state index in [2.05, 4.69) is 20.4 Å². The molecule has 0 aliphatic carbocycles. The average molecular weight is 412 g/mol. The number of carbonyl (C=O) groups is 1. The predicted molar refractivity (Wildman–Crippen MR) is 106 cm³/mol. The number of aromatic nitrogens is 3. The lowest BCUT2D eigenvalue weighted by molar-refractivity contribution is -0.116. The highest BCUT2D eigenvalue weighted by atomic mass is 32.2. The molecule has 148 valence electrons. The molecule has 4 aromatic rings. The van der Waals surface area contributed by atoms with Crippen LogP contribution in [0.1, 0.15) is 23.7 Å². The highest BCUT2D eigenvalue weighted by molar-refractivity contribution is 7.98. The van der Waals surface area contributed by atoms with Gasteiger partial charge in [0.1, 0.15) is 11.3 Å². The van der Waals surface area contributed by atoms with Crippen molar-refractivity contribution in [1.29, 1.82) is 0 Å². The van der Waals surface area contributed by atoms with E-state index < -0.39 is 0 Å². The molecule has 29 heavy (non-hydrogen) atoms. The highest BCUT2D eigenvalue weighted by Gasteiger charge is 2.12. The van der Waals surface area contributed by atoms with Crippen LogP contribution in [0.3, 0.4) is 0 Å². The summed E-state index contributed by atoms with van der Waals surface area (Å²) in [5.74, 6) is 0.752. The Morgan fingerprint density at radius 2 is 2.00 bits per heavy atom. The van der Waals surface area contributed by atoms with Gasteiger partial charge in [-0.05, 0) is 48.9 Å². The van der Waals surface area contributed by atoms with E-state index in [9.17, 15) is 9.18 Å². The number of nitrogens with zero attached hydrogens (tertiary/aromatic N) is 3. The fraction of sp³-hybridized carbons (Fsp3) is 0.200. The normalized spacial score (nSPS) is 11.1. The van der Waals surface area contributed by atoms with E-state index in [1.54, 1.807) is 0 Å². The molecule has 0 unspecified atom stereocenters. The predicted octanol–water partition coefficient (Wildman–Crippen LogP) is 4.52. The van der Waals surface area contributed by atoms with Crippen molar-refractivity contribution >= 4 is 34.5 Å². The van der Waals surface area contributed by atoms with Crippen molar-refractivity contribution in [2.24, 2.45) is 0 Å². The van der Waals surface area contributed by atoms with Gasteiger partial charge >= 0.3 is 0 Å². The van der Waals surface area contributed by atoms with Gasteiger partial charge in [0.2, 0.25) is 11.8 Å². The van der Waals surface area contributed by atoms with Gasteiger partial charge in [-0.3, -0.25) is 4.79 Å². The van der Waals surface area contributed by atoms with E-state index >= 15 is 0 Å². The van der Waals surface area contributed by atoms with Gasteiger partial charge in [-0.1, -0.05) is 23.0 Å². The van der Waals surface area contributed by atoms with Crippen LogP contribution in [0, 0.1) is 12.7 Å². The number of nitrogens with one attached hydrogen (secondary N) is 1. The molecule has 0 saturated heterocycles. The molecule has 4 rings (SSSR count). The van der Waals surface area contributed by atoms with E-state index in [1.165, 1.54) is 36.0 Å². The number of thioether (sulfide) groups is 1. The van der Waals surface area contributed by atoms with Crippen molar-refractivity contribution in [3.63, 3.8) is 0 Å². The molecule has 2 heterocycles. The molecule has 2 aromatic carbocycles. The third-order valence-corrected chi connectivity index (χ3v) is 4.88. The third kappa shape index (κ3) is 5.00. The summed E-state index contributed by atoms with van der Waals surface area (Å²) in [7, 11) is 0. The minimum Gasteiger partial charge on any atom is -0.431 e. The summed E-state index contributed by atoms with van der Waals surface area (Å²) in [5, 5.41) is 7.15. The molecule has 0 saturated carbocycles. The van der Waals surface area contributed by atoms with E-state index in [-0.39, 0.29) is 18.1 Å². The molecule has 0 radical (unpaired) electrons. The largest absolute Gasteiger partial charge is 0.431 e. The summed E-state index contributed by atoms with van der Waals surface area (Å²) in [6, 6.07) is 11.4. The zero-order chi connectivity index (χ0) is 20.2. The van der Waals surface area contributed by atoms with Crippen LogP contribution < -0.4 is 5.32 Å². The molecule has 9 heteroatoms. The Balaban J connectivity index is 1.27. The number of benzene rings is 2. The summed E-state index contributed by atoms with van der Waals surface area (Å²) in [5.41, 5.74) is 3.20. The molecule has 2 aromatic heterocycles. The van der Waals surface area contributed by atoms with Gasteiger partial charge in [0.25, 0.3) is 5.22 Å². The van der Waals surface area contributed by atoms with Crippen molar-refractivity contribution in [1.82, 2.24) is 15.1 Å². The first-order valence-corrected chi connectivity index (χ1v) is 9.90. The number of rotatable bonds is 7. The molecule has 0 fully saturated rings.